The molecule has 2 aromatic rings. The third-order valence-electron chi connectivity index (χ3n) is 3.30. The van der Waals surface area contributed by atoms with E-state index in [1.807, 2.05) is 6.92 Å². The van der Waals surface area contributed by atoms with Gasteiger partial charge in [0.05, 0.1) is 0 Å². The van der Waals surface area contributed by atoms with Crippen molar-refractivity contribution in [3.8, 4) is 11.5 Å². The number of phenols is 2. The summed E-state index contributed by atoms with van der Waals surface area (Å²) in [5.74, 6) is 0.213. The molecule has 0 saturated heterocycles. The molecule has 24 heavy (non-hydrogen) atoms. The van der Waals surface area contributed by atoms with Gasteiger partial charge in [-0.3, -0.25) is 9.98 Å². The molecule has 0 spiro atoms. The molecule has 0 radical (unpaired) electrons. The molecule has 0 aliphatic rings. The van der Waals surface area contributed by atoms with Crippen LogP contribution in [0.1, 0.15) is 30.9 Å². The average Bonchev–Trinajstić information content (AvgIpc) is 2.56. The number of aromatic hydroxyl groups is 2. The minimum Gasteiger partial charge on any atom is -0.507 e. The summed E-state index contributed by atoms with van der Waals surface area (Å²) in [6, 6.07) is 9.53. The van der Waals surface area contributed by atoms with Crippen molar-refractivity contribution in [2.45, 2.75) is 25.9 Å². The van der Waals surface area contributed by atoms with Crippen LogP contribution in [0.5, 0.6) is 11.5 Å². The topological polar surface area (TPSA) is 65.2 Å². The third kappa shape index (κ3) is 5.25. The molecule has 0 heterocycles. The first kappa shape index (κ1) is 18.3. The van der Waals surface area contributed by atoms with Crippen molar-refractivity contribution in [1.29, 1.82) is 0 Å². The van der Waals surface area contributed by atoms with Crippen molar-refractivity contribution in [1.82, 2.24) is 0 Å². The van der Waals surface area contributed by atoms with E-state index >= 15 is 0 Å². The fourth-order valence-electron chi connectivity index (χ4n) is 2.04. The molecule has 0 saturated carbocycles. The van der Waals surface area contributed by atoms with E-state index < -0.39 is 0 Å². The highest BCUT2D eigenvalue weighted by Crippen LogP contribution is 2.21. The Kier molecular flexibility index (Phi) is 6.64. The van der Waals surface area contributed by atoms with Gasteiger partial charge in [-0.2, -0.15) is 0 Å². The van der Waals surface area contributed by atoms with Gasteiger partial charge in [-0.05, 0) is 42.8 Å². The van der Waals surface area contributed by atoms with E-state index in [4.69, 9.17) is 23.2 Å². The first-order valence-corrected chi connectivity index (χ1v) is 8.28. The molecule has 0 aromatic heterocycles. The molecular weight excluding hydrogens is 347 g/mol. The van der Waals surface area contributed by atoms with Gasteiger partial charge < -0.3 is 10.2 Å². The van der Waals surface area contributed by atoms with Gasteiger partial charge in [0.15, 0.2) is 0 Å². The van der Waals surface area contributed by atoms with Gasteiger partial charge in [0.25, 0.3) is 0 Å². The Bertz CT molecular complexity index is 699. The van der Waals surface area contributed by atoms with Crippen LogP contribution in [0.25, 0.3) is 0 Å². The third-order valence-corrected chi connectivity index (χ3v) is 3.77. The van der Waals surface area contributed by atoms with Gasteiger partial charge in [-0.25, -0.2) is 0 Å². The van der Waals surface area contributed by atoms with Crippen molar-refractivity contribution in [2.24, 2.45) is 9.98 Å². The normalized spacial score (nSPS) is 13.0. The molecule has 0 amide bonds. The van der Waals surface area contributed by atoms with Gasteiger partial charge in [0.2, 0.25) is 0 Å². The van der Waals surface area contributed by atoms with Crippen LogP contribution >= 0.6 is 23.2 Å². The second kappa shape index (κ2) is 8.71. The maximum atomic E-state index is 9.82. The highest BCUT2D eigenvalue weighted by Gasteiger charge is 2.05. The smallest absolute Gasteiger partial charge is 0.139 e. The zero-order valence-corrected chi connectivity index (χ0v) is 14.7. The molecule has 126 valence electrons. The second-order valence-corrected chi connectivity index (χ2v) is 6.10. The molecule has 0 unspecified atom stereocenters. The first-order chi connectivity index (χ1) is 11.5. The monoisotopic (exact) mass is 364 g/mol. The number of phenolic OH excluding ortho intramolecular Hbond substituents is 2. The van der Waals surface area contributed by atoms with Crippen molar-refractivity contribution < 1.29 is 10.2 Å². The van der Waals surface area contributed by atoms with Gasteiger partial charge in [-0.1, -0.05) is 36.5 Å². The van der Waals surface area contributed by atoms with Crippen LogP contribution in [-0.4, -0.2) is 28.8 Å². The molecule has 6 heteroatoms. The minimum absolute atomic E-state index is 0.106. The van der Waals surface area contributed by atoms with Gasteiger partial charge >= 0.3 is 0 Å². The molecule has 2 rings (SSSR count). The fraction of sp³-hybridized carbons (Fsp3) is 0.222. The molecular formula is C18H18Cl2N2O2. The van der Waals surface area contributed by atoms with Crippen molar-refractivity contribution in [3.63, 3.8) is 0 Å². The lowest BCUT2D eigenvalue weighted by atomic mass is 10.2. The quantitative estimate of drug-likeness (QED) is 0.702. The predicted octanol–water partition coefficient (Wildman–Crippen LogP) is 5.07. The second-order valence-electron chi connectivity index (χ2n) is 5.23. The Morgan fingerprint density at radius 1 is 0.917 bits per heavy atom. The molecule has 0 fully saturated rings. The van der Waals surface area contributed by atoms with Crippen LogP contribution in [0.2, 0.25) is 10.0 Å². The zero-order chi connectivity index (χ0) is 17.5. The standard InChI is InChI=1S/C18H18Cl2N2O2/c1-2-3-18(21-10-12-8-14(19)4-6-16(12)23)22-11-13-9-15(20)5-7-17(13)24/h4-11,18,23-24H,2-3H2,1H3. The summed E-state index contributed by atoms with van der Waals surface area (Å²) in [5.41, 5.74) is 1.06. The van der Waals surface area contributed by atoms with E-state index in [9.17, 15) is 10.2 Å². The first-order valence-electron chi connectivity index (χ1n) is 7.53. The van der Waals surface area contributed by atoms with Gasteiger partial charge in [0.1, 0.15) is 17.7 Å². The molecule has 2 N–H and O–H groups in total. The highest BCUT2D eigenvalue weighted by atomic mass is 35.5. The van der Waals surface area contributed by atoms with Crippen molar-refractivity contribution in [2.75, 3.05) is 0 Å². The Morgan fingerprint density at radius 3 is 1.79 bits per heavy atom. The van der Waals surface area contributed by atoms with Gasteiger partial charge in [-0.15, -0.1) is 0 Å². The lowest BCUT2D eigenvalue weighted by Crippen LogP contribution is -2.02. The number of nitrogens with zero attached hydrogens (tertiary/aromatic N) is 2. The van der Waals surface area contributed by atoms with E-state index in [0.717, 1.165) is 12.8 Å². The largest absolute Gasteiger partial charge is 0.507 e. The lowest BCUT2D eigenvalue weighted by Gasteiger charge is -2.07. The Morgan fingerprint density at radius 2 is 1.38 bits per heavy atom. The molecule has 4 nitrogen and oxygen atoms in total. The maximum absolute atomic E-state index is 9.82. The molecule has 0 bridgehead atoms. The van der Waals surface area contributed by atoms with E-state index in [1.54, 1.807) is 36.7 Å². The van der Waals surface area contributed by atoms with E-state index in [1.165, 1.54) is 12.1 Å². The van der Waals surface area contributed by atoms with Crippen LogP contribution in [-0.2, 0) is 0 Å². The Hall–Kier alpha value is -2.04. The van der Waals surface area contributed by atoms with Gasteiger partial charge in [0, 0.05) is 33.6 Å². The minimum atomic E-state index is -0.327. The van der Waals surface area contributed by atoms with Crippen molar-refractivity contribution >= 4 is 35.6 Å². The fourth-order valence-corrected chi connectivity index (χ4v) is 2.40. The molecule has 0 aliphatic heterocycles. The van der Waals surface area contributed by atoms with Crippen LogP contribution in [0.4, 0.5) is 0 Å². The molecule has 2 aromatic carbocycles. The highest BCUT2D eigenvalue weighted by molar-refractivity contribution is 6.31. The van der Waals surface area contributed by atoms with E-state index in [2.05, 4.69) is 9.98 Å². The van der Waals surface area contributed by atoms with E-state index in [0.29, 0.717) is 21.2 Å². The molecule has 0 aliphatic carbocycles. The van der Waals surface area contributed by atoms with E-state index in [-0.39, 0.29) is 17.7 Å². The summed E-state index contributed by atoms with van der Waals surface area (Å²) < 4.78 is 0. The zero-order valence-electron chi connectivity index (χ0n) is 13.2. The Balaban J connectivity index is 2.20. The number of halogens is 2. The SMILES string of the molecule is CCCC(N=Cc1cc(Cl)ccc1O)N=Cc1cc(Cl)ccc1O. The number of hydrogen-bond acceptors (Lipinski definition) is 4. The number of aliphatic imine (C=N–C) groups is 2. The summed E-state index contributed by atoms with van der Waals surface area (Å²) in [7, 11) is 0. The van der Waals surface area contributed by atoms with Crippen LogP contribution < -0.4 is 0 Å². The maximum Gasteiger partial charge on any atom is 0.139 e. The summed E-state index contributed by atoms with van der Waals surface area (Å²) in [6.45, 7) is 2.03. The number of rotatable bonds is 6. The summed E-state index contributed by atoms with van der Waals surface area (Å²) in [6.07, 6.45) is 4.40. The lowest BCUT2D eigenvalue weighted by molar-refractivity contribution is 0.474. The summed E-state index contributed by atoms with van der Waals surface area (Å²) in [5, 5.41) is 20.7. The average molecular weight is 365 g/mol. The van der Waals surface area contributed by atoms with Crippen LogP contribution in [0.15, 0.2) is 46.4 Å². The van der Waals surface area contributed by atoms with Crippen LogP contribution in [0.3, 0.4) is 0 Å². The number of benzene rings is 2. The predicted molar refractivity (Wildman–Crippen MR) is 100 cm³/mol. The van der Waals surface area contributed by atoms with Crippen molar-refractivity contribution in [3.05, 3.63) is 57.6 Å². The van der Waals surface area contributed by atoms with Crippen LogP contribution in [0, 0.1) is 0 Å². The number of hydrogen-bond donors (Lipinski definition) is 2. The molecule has 0 atom stereocenters. The Labute approximate surface area is 151 Å². The summed E-state index contributed by atoms with van der Waals surface area (Å²) >= 11 is 11.8. The summed E-state index contributed by atoms with van der Waals surface area (Å²) in [4.78, 5) is 8.79.